The molecule has 1 aromatic carbocycles. The van der Waals surface area contributed by atoms with Crippen molar-refractivity contribution in [1.29, 1.82) is 0 Å². The molecule has 2 amide bonds. The van der Waals surface area contributed by atoms with Crippen molar-refractivity contribution in [2.45, 2.75) is 81.4 Å². The van der Waals surface area contributed by atoms with Gasteiger partial charge in [-0.2, -0.15) is 0 Å². The van der Waals surface area contributed by atoms with Gasteiger partial charge in [0, 0.05) is 30.2 Å². The molecule has 3 aliphatic heterocycles. The molecule has 4 rings (SSSR count). The van der Waals surface area contributed by atoms with Crippen molar-refractivity contribution in [3.8, 4) is 0 Å². The number of aliphatic hydroxyl groups is 1. The fourth-order valence-corrected chi connectivity index (χ4v) is 7.70. The zero-order valence-corrected chi connectivity index (χ0v) is 25.8. The largest absolute Gasteiger partial charge is 0.465 e. The summed E-state index contributed by atoms with van der Waals surface area (Å²) in [5.74, 6) is -2.47. The summed E-state index contributed by atoms with van der Waals surface area (Å²) in [6.45, 7) is 12.6. The number of hydrogen-bond acceptors (Lipinski definition) is 6. The van der Waals surface area contributed by atoms with E-state index in [1.54, 1.807) is 22.0 Å². The van der Waals surface area contributed by atoms with Crippen LogP contribution in [0.1, 0.15) is 56.1 Å². The summed E-state index contributed by atoms with van der Waals surface area (Å²) in [4.78, 5) is 45.5. The summed E-state index contributed by atoms with van der Waals surface area (Å²) in [6.07, 6.45) is 7.76. The van der Waals surface area contributed by atoms with Gasteiger partial charge in [-0.1, -0.05) is 53.1 Å². The van der Waals surface area contributed by atoms with Crippen molar-refractivity contribution >= 4 is 39.4 Å². The number of aryl methyl sites for hydroxylation is 2. The molecule has 3 saturated heterocycles. The van der Waals surface area contributed by atoms with Crippen molar-refractivity contribution in [1.82, 2.24) is 4.90 Å². The Kier molecular flexibility index (Phi) is 10.5. The molecule has 6 atom stereocenters. The minimum Gasteiger partial charge on any atom is -0.465 e. The molecular formula is C32H43BrN2O6. The highest BCUT2D eigenvalue weighted by atomic mass is 79.9. The Hall–Kier alpha value is -2.49. The maximum absolute atomic E-state index is 14.7. The number of esters is 1. The SMILES string of the molecule is C=CCCCOC(=O)[C@H]1[C@@H]2OC3(CC2Br)C(C(=O)N(CC=C)c2cc(C)ccc2C)N(CCCCCCO)C(=O)[C@H]13. The number of halogens is 1. The van der Waals surface area contributed by atoms with E-state index in [9.17, 15) is 19.5 Å². The summed E-state index contributed by atoms with van der Waals surface area (Å²) in [5, 5.41) is 9.18. The van der Waals surface area contributed by atoms with Gasteiger partial charge >= 0.3 is 5.97 Å². The van der Waals surface area contributed by atoms with E-state index in [0.29, 0.717) is 32.2 Å². The number of anilines is 1. The Bertz CT molecular complexity index is 1160. The average molecular weight is 632 g/mol. The van der Waals surface area contributed by atoms with E-state index in [2.05, 4.69) is 29.1 Å². The number of carbonyl (C=O) groups is 3. The number of fused-ring (bicyclic) bond motifs is 1. The molecule has 0 saturated carbocycles. The molecule has 3 unspecified atom stereocenters. The number of rotatable bonds is 15. The fourth-order valence-electron chi connectivity index (χ4n) is 6.76. The lowest BCUT2D eigenvalue weighted by Gasteiger charge is -2.37. The van der Waals surface area contributed by atoms with Crippen molar-refractivity contribution in [2.24, 2.45) is 11.8 Å². The number of allylic oxidation sites excluding steroid dienone is 1. The maximum atomic E-state index is 14.7. The molecule has 8 nitrogen and oxygen atoms in total. The molecular weight excluding hydrogens is 588 g/mol. The second-order valence-corrected chi connectivity index (χ2v) is 12.6. The van der Waals surface area contributed by atoms with E-state index in [4.69, 9.17) is 9.47 Å². The van der Waals surface area contributed by atoms with E-state index in [1.165, 1.54) is 0 Å². The summed E-state index contributed by atoms with van der Waals surface area (Å²) in [5.41, 5.74) is 1.59. The van der Waals surface area contributed by atoms with Crippen LogP contribution in [0.15, 0.2) is 43.5 Å². The predicted molar refractivity (Wildman–Crippen MR) is 162 cm³/mol. The summed E-state index contributed by atoms with van der Waals surface area (Å²) < 4.78 is 12.3. The molecule has 2 bridgehead atoms. The number of nitrogens with zero attached hydrogens (tertiary/aromatic N) is 2. The first-order valence-electron chi connectivity index (χ1n) is 14.7. The number of ether oxygens (including phenoxy) is 2. The van der Waals surface area contributed by atoms with Crippen LogP contribution in [0.3, 0.4) is 0 Å². The van der Waals surface area contributed by atoms with Gasteiger partial charge in [-0.3, -0.25) is 14.4 Å². The zero-order valence-electron chi connectivity index (χ0n) is 24.2. The van der Waals surface area contributed by atoms with Crippen LogP contribution >= 0.6 is 15.9 Å². The molecule has 1 aromatic rings. The number of alkyl halides is 1. The minimum atomic E-state index is -1.14. The topological polar surface area (TPSA) is 96.4 Å². The van der Waals surface area contributed by atoms with Gasteiger partial charge in [-0.05, 0) is 63.1 Å². The normalized spacial score (nSPS) is 28.0. The van der Waals surface area contributed by atoms with Gasteiger partial charge in [0.05, 0.1) is 24.5 Å². The van der Waals surface area contributed by atoms with Crippen LogP contribution in [0.4, 0.5) is 5.69 Å². The summed E-state index contributed by atoms with van der Waals surface area (Å²) in [7, 11) is 0. The first-order chi connectivity index (χ1) is 19.7. The van der Waals surface area contributed by atoms with Crippen LogP contribution < -0.4 is 4.90 Å². The first-order valence-corrected chi connectivity index (χ1v) is 15.6. The van der Waals surface area contributed by atoms with E-state index < -0.39 is 35.6 Å². The summed E-state index contributed by atoms with van der Waals surface area (Å²) >= 11 is 3.72. The number of likely N-dealkylation sites (tertiary alicyclic amines) is 1. The van der Waals surface area contributed by atoms with E-state index in [-0.39, 0.29) is 36.4 Å². The quantitative estimate of drug-likeness (QED) is 0.131. The molecule has 3 heterocycles. The lowest BCUT2D eigenvalue weighted by Crippen LogP contribution is -2.57. The Morgan fingerprint density at radius 2 is 1.95 bits per heavy atom. The molecule has 1 N–H and O–H groups in total. The van der Waals surface area contributed by atoms with Gasteiger partial charge < -0.3 is 24.4 Å². The third-order valence-electron chi connectivity index (χ3n) is 8.63. The fraction of sp³-hybridized carbons (Fsp3) is 0.594. The number of aliphatic hydroxyl groups excluding tert-OH is 1. The van der Waals surface area contributed by atoms with Gasteiger partial charge in [0.25, 0.3) is 5.91 Å². The average Bonchev–Trinajstić information content (AvgIpc) is 3.54. The maximum Gasteiger partial charge on any atom is 0.312 e. The Balaban J connectivity index is 1.71. The van der Waals surface area contributed by atoms with Crippen LogP contribution in [-0.4, -0.2) is 76.7 Å². The van der Waals surface area contributed by atoms with E-state index >= 15 is 0 Å². The Morgan fingerprint density at radius 3 is 2.66 bits per heavy atom. The van der Waals surface area contributed by atoms with Crippen LogP contribution in [0.25, 0.3) is 0 Å². The van der Waals surface area contributed by atoms with Gasteiger partial charge in [-0.25, -0.2) is 0 Å². The highest BCUT2D eigenvalue weighted by molar-refractivity contribution is 9.09. The Morgan fingerprint density at radius 1 is 1.20 bits per heavy atom. The van der Waals surface area contributed by atoms with Crippen LogP contribution in [0.5, 0.6) is 0 Å². The molecule has 9 heteroatoms. The van der Waals surface area contributed by atoms with Crippen LogP contribution in [0, 0.1) is 25.7 Å². The third kappa shape index (κ3) is 6.04. The molecule has 3 fully saturated rings. The second-order valence-electron chi connectivity index (χ2n) is 11.5. The van der Waals surface area contributed by atoms with Crippen LogP contribution in [0.2, 0.25) is 0 Å². The van der Waals surface area contributed by atoms with E-state index in [1.807, 2.05) is 32.0 Å². The minimum absolute atomic E-state index is 0.125. The van der Waals surface area contributed by atoms with Gasteiger partial charge in [-0.15, -0.1) is 13.2 Å². The van der Waals surface area contributed by atoms with Gasteiger partial charge in [0.2, 0.25) is 5.91 Å². The van der Waals surface area contributed by atoms with Crippen molar-refractivity contribution in [3.05, 3.63) is 54.6 Å². The molecule has 0 aromatic heterocycles. The number of hydrogen-bond donors (Lipinski definition) is 1. The van der Waals surface area contributed by atoms with Gasteiger partial charge in [0.1, 0.15) is 11.6 Å². The number of benzene rings is 1. The standard InChI is InChI=1S/C32H43BrN2O6/c1-5-7-12-18-40-31(39)25-26-29(37)35(16-10-8-9-11-17-36)28(32(26)20-23(33)27(25)41-32)30(38)34(15-6-2)24-19-21(3)13-14-22(24)4/h5-6,13-14,19,23,25-28,36H,1-2,7-12,15-18,20H2,3-4H3/t23?,25-,26+,27-,28?,32?/m1/s1. The molecule has 1 spiro atoms. The lowest BCUT2D eigenvalue weighted by atomic mass is 9.70. The van der Waals surface area contributed by atoms with E-state index in [0.717, 1.165) is 36.1 Å². The van der Waals surface area contributed by atoms with Crippen molar-refractivity contribution < 1.29 is 29.0 Å². The van der Waals surface area contributed by atoms with Crippen molar-refractivity contribution in [3.63, 3.8) is 0 Å². The zero-order chi connectivity index (χ0) is 29.7. The number of unbranched alkanes of at least 4 members (excludes halogenated alkanes) is 4. The molecule has 3 aliphatic rings. The third-order valence-corrected chi connectivity index (χ3v) is 9.48. The first kappa shape index (κ1) is 31.4. The van der Waals surface area contributed by atoms with Crippen LogP contribution in [-0.2, 0) is 23.9 Å². The highest BCUT2D eigenvalue weighted by Crippen LogP contribution is 2.60. The molecule has 0 radical (unpaired) electrons. The summed E-state index contributed by atoms with van der Waals surface area (Å²) in [6, 6.07) is 5.08. The number of amides is 2. The second kappa shape index (κ2) is 13.7. The Labute approximate surface area is 251 Å². The number of carbonyl (C=O) groups excluding carboxylic acids is 3. The van der Waals surface area contributed by atoms with Crippen molar-refractivity contribution in [2.75, 3.05) is 31.2 Å². The predicted octanol–water partition coefficient (Wildman–Crippen LogP) is 4.63. The highest BCUT2D eigenvalue weighted by Gasteiger charge is 2.77. The molecule has 0 aliphatic carbocycles. The lowest BCUT2D eigenvalue weighted by molar-refractivity contribution is -0.155. The smallest absolute Gasteiger partial charge is 0.312 e. The van der Waals surface area contributed by atoms with Gasteiger partial charge in [0.15, 0.2) is 0 Å². The monoisotopic (exact) mass is 630 g/mol. The molecule has 41 heavy (non-hydrogen) atoms. The molecule has 224 valence electrons.